The number of aldehydes is 1. The summed E-state index contributed by atoms with van der Waals surface area (Å²) in [6.45, 7) is 16.1. The topological polar surface area (TPSA) is 35.5 Å². The van der Waals surface area contributed by atoms with E-state index in [9.17, 15) is 4.79 Å². The first-order valence-electron chi connectivity index (χ1n) is 11.4. The first kappa shape index (κ1) is 29.3. The van der Waals surface area contributed by atoms with E-state index in [1.165, 1.54) is 36.8 Å². The molecule has 3 heteroatoms. The highest BCUT2D eigenvalue weighted by atomic mass is 16.7. The summed E-state index contributed by atoms with van der Waals surface area (Å²) < 4.78 is 10.9. The van der Waals surface area contributed by atoms with Gasteiger partial charge in [-0.2, -0.15) is 0 Å². The fourth-order valence-corrected chi connectivity index (χ4v) is 2.68. The number of allylic oxidation sites excluding steroid dienone is 4. The highest BCUT2D eigenvalue weighted by Gasteiger charge is 2.06. The van der Waals surface area contributed by atoms with Crippen molar-refractivity contribution in [3.63, 3.8) is 0 Å². The Kier molecular flexibility index (Phi) is 23.4. The summed E-state index contributed by atoms with van der Waals surface area (Å²) in [6, 6.07) is 0. The van der Waals surface area contributed by atoms with E-state index in [2.05, 4.69) is 39.8 Å². The highest BCUT2D eigenvalue weighted by Crippen LogP contribution is 2.11. The lowest BCUT2D eigenvalue weighted by molar-refractivity contribution is -0.140. The monoisotopic (exact) mass is 396 g/mol. The quantitative estimate of drug-likeness (QED) is 0.116. The van der Waals surface area contributed by atoms with Crippen LogP contribution in [0.3, 0.4) is 0 Å². The summed E-state index contributed by atoms with van der Waals surface area (Å²) >= 11 is 0. The molecule has 3 nitrogen and oxygen atoms in total. The van der Waals surface area contributed by atoms with Crippen LogP contribution in [0.1, 0.15) is 106 Å². The molecule has 0 heterocycles. The van der Waals surface area contributed by atoms with E-state index in [1.807, 2.05) is 20.8 Å². The zero-order valence-electron chi connectivity index (χ0n) is 19.9. The van der Waals surface area contributed by atoms with Gasteiger partial charge in [0, 0.05) is 19.1 Å². The van der Waals surface area contributed by atoms with Gasteiger partial charge < -0.3 is 14.3 Å². The summed E-state index contributed by atoms with van der Waals surface area (Å²) in [5.41, 5.74) is 2.82. The predicted octanol–water partition coefficient (Wildman–Crippen LogP) is 7.65. The molecule has 1 unspecified atom stereocenters. The largest absolute Gasteiger partial charge is 0.353 e. The standard InChI is InChI=1S/C14H24O.C11H24O2/c1-12(2)7-5-8-13(3)9-6-10-14(4)11-15;1-4-7-8-9-10-11(12-5-2)13-6-3/h7,9,11,14H,5-6,8,10H2,1-4H3;11H,4-10H2,1-3H3/b13-9+;. The smallest absolute Gasteiger partial charge is 0.157 e. The van der Waals surface area contributed by atoms with E-state index in [-0.39, 0.29) is 12.2 Å². The molecule has 0 aliphatic carbocycles. The minimum atomic E-state index is 0.0341. The molecule has 0 radical (unpaired) electrons. The van der Waals surface area contributed by atoms with Crippen LogP contribution in [0.25, 0.3) is 0 Å². The zero-order chi connectivity index (χ0) is 21.6. The maximum Gasteiger partial charge on any atom is 0.157 e. The lowest BCUT2D eigenvalue weighted by atomic mass is 10.0. The van der Waals surface area contributed by atoms with Gasteiger partial charge in [0.25, 0.3) is 0 Å². The number of hydrogen-bond acceptors (Lipinski definition) is 3. The van der Waals surface area contributed by atoms with Crippen molar-refractivity contribution in [1.29, 1.82) is 0 Å². The molecule has 0 bridgehead atoms. The predicted molar refractivity (Wildman–Crippen MR) is 123 cm³/mol. The summed E-state index contributed by atoms with van der Waals surface area (Å²) in [7, 11) is 0. The summed E-state index contributed by atoms with van der Waals surface area (Å²) in [4.78, 5) is 10.4. The molecule has 0 aromatic rings. The second-order valence-electron chi connectivity index (χ2n) is 7.75. The van der Waals surface area contributed by atoms with Gasteiger partial charge >= 0.3 is 0 Å². The number of unbranched alkanes of at least 4 members (excludes halogenated alkanes) is 3. The molecule has 0 aromatic carbocycles. The normalized spacial score (nSPS) is 12.4. The van der Waals surface area contributed by atoms with Gasteiger partial charge in [0.1, 0.15) is 6.29 Å². The van der Waals surface area contributed by atoms with Crippen molar-refractivity contribution in [3.05, 3.63) is 23.3 Å². The fourth-order valence-electron chi connectivity index (χ4n) is 2.68. The maximum atomic E-state index is 10.4. The number of ether oxygens (including phenoxy) is 2. The molecular formula is C25H48O3. The lowest BCUT2D eigenvalue weighted by Gasteiger charge is -2.16. The van der Waals surface area contributed by atoms with Crippen LogP contribution in [0.4, 0.5) is 0 Å². The molecule has 166 valence electrons. The maximum absolute atomic E-state index is 10.4. The molecule has 0 aliphatic rings. The summed E-state index contributed by atoms with van der Waals surface area (Å²) in [5.74, 6) is 0.201. The number of hydrogen-bond donors (Lipinski definition) is 0. The van der Waals surface area contributed by atoms with Gasteiger partial charge in [-0.15, -0.1) is 0 Å². The molecule has 0 saturated carbocycles. The first-order valence-corrected chi connectivity index (χ1v) is 11.4. The van der Waals surface area contributed by atoms with Crippen molar-refractivity contribution < 1.29 is 14.3 Å². The van der Waals surface area contributed by atoms with Gasteiger partial charge in [0.15, 0.2) is 6.29 Å². The van der Waals surface area contributed by atoms with E-state index < -0.39 is 0 Å². The third-order valence-corrected chi connectivity index (χ3v) is 4.44. The second-order valence-corrected chi connectivity index (χ2v) is 7.75. The van der Waals surface area contributed by atoms with Gasteiger partial charge in [0.2, 0.25) is 0 Å². The Labute approximate surface area is 176 Å². The Hall–Kier alpha value is -0.930. The Balaban J connectivity index is 0. The third kappa shape index (κ3) is 23.1. The number of rotatable bonds is 16. The second kappa shape index (κ2) is 22.4. The Morgan fingerprint density at radius 3 is 2.00 bits per heavy atom. The highest BCUT2D eigenvalue weighted by molar-refractivity contribution is 5.52. The average Bonchev–Trinajstić information content (AvgIpc) is 2.65. The fraction of sp³-hybridized carbons (Fsp3) is 0.800. The summed E-state index contributed by atoms with van der Waals surface area (Å²) in [6.07, 6.45) is 16.0. The lowest BCUT2D eigenvalue weighted by Crippen LogP contribution is -2.17. The van der Waals surface area contributed by atoms with Crippen LogP contribution in [0, 0.1) is 5.92 Å². The molecule has 0 rings (SSSR count). The van der Waals surface area contributed by atoms with Crippen molar-refractivity contribution in [2.45, 2.75) is 113 Å². The Morgan fingerprint density at radius 1 is 0.857 bits per heavy atom. The Bertz CT molecular complexity index is 389. The van der Waals surface area contributed by atoms with Crippen molar-refractivity contribution in [2.75, 3.05) is 13.2 Å². The van der Waals surface area contributed by atoms with Crippen LogP contribution >= 0.6 is 0 Å². The molecule has 0 aliphatic heterocycles. The number of carbonyl (C=O) groups excluding carboxylic acids is 1. The SMILES string of the molecule is CC(C)=CCC/C(C)=C/CCC(C)C=O.CCCCCCC(OCC)OCC. The zero-order valence-corrected chi connectivity index (χ0v) is 19.9. The molecule has 28 heavy (non-hydrogen) atoms. The van der Waals surface area contributed by atoms with E-state index in [0.29, 0.717) is 0 Å². The van der Waals surface area contributed by atoms with Gasteiger partial charge in [-0.25, -0.2) is 0 Å². The van der Waals surface area contributed by atoms with Crippen LogP contribution in [-0.4, -0.2) is 25.8 Å². The van der Waals surface area contributed by atoms with Crippen molar-refractivity contribution in [1.82, 2.24) is 0 Å². The van der Waals surface area contributed by atoms with E-state index in [4.69, 9.17) is 9.47 Å². The molecule has 0 aromatic heterocycles. The molecule has 0 amide bonds. The summed E-state index contributed by atoms with van der Waals surface area (Å²) in [5, 5.41) is 0. The van der Waals surface area contributed by atoms with Gasteiger partial charge in [-0.3, -0.25) is 0 Å². The van der Waals surface area contributed by atoms with Gasteiger partial charge in [0.05, 0.1) is 0 Å². The van der Waals surface area contributed by atoms with E-state index in [1.54, 1.807) is 0 Å². The minimum Gasteiger partial charge on any atom is -0.353 e. The van der Waals surface area contributed by atoms with Crippen molar-refractivity contribution in [2.24, 2.45) is 5.92 Å². The van der Waals surface area contributed by atoms with Gasteiger partial charge in [-0.1, -0.05) is 56.4 Å². The van der Waals surface area contributed by atoms with Gasteiger partial charge in [-0.05, 0) is 73.1 Å². The van der Waals surface area contributed by atoms with Crippen LogP contribution < -0.4 is 0 Å². The molecule has 0 fully saturated rings. The average molecular weight is 397 g/mol. The minimum absolute atomic E-state index is 0.0341. The van der Waals surface area contributed by atoms with Crippen molar-refractivity contribution in [3.8, 4) is 0 Å². The van der Waals surface area contributed by atoms with Crippen LogP contribution in [0.2, 0.25) is 0 Å². The molecule has 1 atom stereocenters. The van der Waals surface area contributed by atoms with E-state index >= 15 is 0 Å². The van der Waals surface area contributed by atoms with Crippen LogP contribution in [0.5, 0.6) is 0 Å². The molecule has 0 spiro atoms. The molecule has 0 saturated heterocycles. The molecular weight excluding hydrogens is 348 g/mol. The third-order valence-electron chi connectivity index (χ3n) is 4.44. The number of carbonyl (C=O) groups is 1. The molecule has 0 N–H and O–H groups in total. The van der Waals surface area contributed by atoms with Crippen LogP contribution in [0.15, 0.2) is 23.3 Å². The van der Waals surface area contributed by atoms with Crippen molar-refractivity contribution >= 4 is 6.29 Å². The Morgan fingerprint density at radius 2 is 1.50 bits per heavy atom. The first-order chi connectivity index (χ1) is 13.4. The van der Waals surface area contributed by atoms with Crippen LogP contribution in [-0.2, 0) is 14.3 Å². The van der Waals surface area contributed by atoms with E-state index in [0.717, 1.165) is 51.6 Å².